The van der Waals surface area contributed by atoms with Crippen molar-refractivity contribution in [3.63, 3.8) is 0 Å². The molecule has 2 N–H and O–H groups in total. The summed E-state index contributed by atoms with van der Waals surface area (Å²) in [7, 11) is 1.87. The summed E-state index contributed by atoms with van der Waals surface area (Å²) in [5, 5.41) is 6.48. The third-order valence-corrected chi connectivity index (χ3v) is 3.24. The Labute approximate surface area is 108 Å². The Kier molecular flexibility index (Phi) is 4.36. The van der Waals surface area contributed by atoms with Gasteiger partial charge in [0.05, 0.1) is 12.1 Å². The number of rotatable bonds is 5. The lowest BCUT2D eigenvalue weighted by atomic mass is 10.1. The number of ether oxygens (including phenoxy) is 1. The van der Waals surface area contributed by atoms with Crippen LogP contribution in [0.5, 0.6) is 0 Å². The van der Waals surface area contributed by atoms with E-state index in [1.165, 1.54) is 0 Å². The predicted octanol–water partition coefficient (Wildman–Crippen LogP) is 2.06. The van der Waals surface area contributed by atoms with Crippen LogP contribution in [-0.4, -0.2) is 35.8 Å². The van der Waals surface area contributed by atoms with Crippen LogP contribution in [0.15, 0.2) is 6.07 Å². The molecule has 1 aliphatic heterocycles. The van der Waals surface area contributed by atoms with E-state index >= 15 is 0 Å². The van der Waals surface area contributed by atoms with E-state index in [1.54, 1.807) is 0 Å². The summed E-state index contributed by atoms with van der Waals surface area (Å²) in [6, 6.07) is 2.21. The molecule has 2 heterocycles. The van der Waals surface area contributed by atoms with Crippen LogP contribution in [0.4, 0.5) is 11.6 Å². The van der Waals surface area contributed by atoms with Gasteiger partial charge in [0.15, 0.2) is 0 Å². The Bertz CT molecular complexity index is 368. The van der Waals surface area contributed by atoms with Crippen molar-refractivity contribution in [2.24, 2.45) is 0 Å². The molecule has 100 valence electrons. The van der Waals surface area contributed by atoms with E-state index in [0.717, 1.165) is 43.3 Å². The van der Waals surface area contributed by atoms with Crippen LogP contribution in [0.2, 0.25) is 0 Å². The monoisotopic (exact) mass is 250 g/mol. The number of hydrogen-bond acceptors (Lipinski definition) is 5. The maximum absolute atomic E-state index is 5.68. The van der Waals surface area contributed by atoms with Gasteiger partial charge in [-0.3, -0.25) is 0 Å². The molecule has 0 amide bonds. The highest BCUT2D eigenvalue weighted by Crippen LogP contribution is 2.19. The molecule has 18 heavy (non-hydrogen) atoms. The molecule has 2 rings (SSSR count). The molecule has 0 aliphatic carbocycles. The molecule has 0 bridgehead atoms. The third-order valence-electron chi connectivity index (χ3n) is 3.24. The van der Waals surface area contributed by atoms with E-state index < -0.39 is 0 Å². The van der Waals surface area contributed by atoms with Crippen molar-refractivity contribution in [2.75, 3.05) is 24.3 Å². The Morgan fingerprint density at radius 1 is 1.44 bits per heavy atom. The van der Waals surface area contributed by atoms with E-state index in [9.17, 15) is 0 Å². The average molecular weight is 250 g/mol. The Morgan fingerprint density at radius 3 is 2.83 bits per heavy atom. The van der Waals surface area contributed by atoms with Gasteiger partial charge in [0.1, 0.15) is 17.5 Å². The fourth-order valence-corrected chi connectivity index (χ4v) is 2.18. The van der Waals surface area contributed by atoms with E-state index in [1.807, 2.05) is 13.1 Å². The van der Waals surface area contributed by atoms with Gasteiger partial charge >= 0.3 is 0 Å². The van der Waals surface area contributed by atoms with Crippen LogP contribution in [0.1, 0.15) is 32.5 Å². The molecule has 1 aromatic heterocycles. The van der Waals surface area contributed by atoms with Crippen molar-refractivity contribution in [3.8, 4) is 0 Å². The smallest absolute Gasteiger partial charge is 0.132 e. The Morgan fingerprint density at radius 2 is 2.22 bits per heavy atom. The van der Waals surface area contributed by atoms with Crippen LogP contribution < -0.4 is 10.6 Å². The maximum atomic E-state index is 5.68. The highest BCUT2D eigenvalue weighted by Gasteiger charge is 2.22. The number of nitrogens with one attached hydrogen (secondary N) is 2. The number of anilines is 2. The lowest BCUT2D eigenvalue weighted by Gasteiger charge is -2.21. The molecular weight excluding hydrogens is 228 g/mol. The van der Waals surface area contributed by atoms with Gasteiger partial charge in [-0.15, -0.1) is 0 Å². The summed E-state index contributed by atoms with van der Waals surface area (Å²) in [4.78, 5) is 8.88. The van der Waals surface area contributed by atoms with Crippen molar-refractivity contribution in [3.05, 3.63) is 11.9 Å². The molecule has 0 aromatic carbocycles. The van der Waals surface area contributed by atoms with Gasteiger partial charge in [0, 0.05) is 26.1 Å². The van der Waals surface area contributed by atoms with Crippen LogP contribution in [0.3, 0.4) is 0 Å². The zero-order valence-electron chi connectivity index (χ0n) is 11.4. The molecule has 1 aliphatic rings. The van der Waals surface area contributed by atoms with E-state index in [2.05, 4.69) is 34.4 Å². The molecule has 2 unspecified atom stereocenters. The lowest BCUT2D eigenvalue weighted by Crippen LogP contribution is -2.30. The molecular formula is C13H22N4O. The minimum Gasteiger partial charge on any atom is -0.376 e. The molecule has 1 aromatic rings. The SMILES string of the molecule is CCc1nc(NC)cc(NC(C)C2CCCO2)n1. The van der Waals surface area contributed by atoms with Crippen molar-refractivity contribution < 1.29 is 4.74 Å². The van der Waals surface area contributed by atoms with Crippen molar-refractivity contribution in [2.45, 2.75) is 45.3 Å². The van der Waals surface area contributed by atoms with Crippen molar-refractivity contribution >= 4 is 11.6 Å². The molecule has 0 radical (unpaired) electrons. The average Bonchev–Trinajstić information content (AvgIpc) is 2.92. The topological polar surface area (TPSA) is 59.1 Å². The molecule has 5 nitrogen and oxygen atoms in total. The van der Waals surface area contributed by atoms with Gasteiger partial charge < -0.3 is 15.4 Å². The van der Waals surface area contributed by atoms with Gasteiger partial charge in [-0.25, -0.2) is 9.97 Å². The first-order chi connectivity index (χ1) is 8.72. The highest BCUT2D eigenvalue weighted by atomic mass is 16.5. The zero-order chi connectivity index (χ0) is 13.0. The van der Waals surface area contributed by atoms with Crippen molar-refractivity contribution in [1.82, 2.24) is 9.97 Å². The predicted molar refractivity (Wildman–Crippen MR) is 73.0 cm³/mol. The van der Waals surface area contributed by atoms with Crippen LogP contribution in [0, 0.1) is 0 Å². The second-order valence-corrected chi connectivity index (χ2v) is 4.64. The van der Waals surface area contributed by atoms with Gasteiger partial charge in [-0.2, -0.15) is 0 Å². The second-order valence-electron chi connectivity index (χ2n) is 4.64. The normalized spacial score (nSPS) is 20.7. The molecule has 2 atom stereocenters. The Balaban J connectivity index is 2.07. The summed E-state index contributed by atoms with van der Waals surface area (Å²) < 4.78 is 5.68. The summed E-state index contributed by atoms with van der Waals surface area (Å²) in [5.41, 5.74) is 0. The molecule has 1 fully saturated rings. The zero-order valence-corrected chi connectivity index (χ0v) is 11.4. The minimum absolute atomic E-state index is 0.275. The van der Waals surface area contributed by atoms with Crippen molar-refractivity contribution in [1.29, 1.82) is 0 Å². The number of hydrogen-bond donors (Lipinski definition) is 2. The minimum atomic E-state index is 0.275. The first kappa shape index (κ1) is 13.1. The summed E-state index contributed by atoms with van der Waals surface area (Å²) >= 11 is 0. The summed E-state index contributed by atoms with van der Waals surface area (Å²) in [6.07, 6.45) is 3.41. The first-order valence-corrected chi connectivity index (χ1v) is 6.66. The highest BCUT2D eigenvalue weighted by molar-refractivity contribution is 5.47. The van der Waals surface area contributed by atoms with Gasteiger partial charge in [0.25, 0.3) is 0 Å². The standard InChI is InChI=1S/C13H22N4O/c1-4-11-16-12(14-3)8-13(17-11)15-9(2)10-6-5-7-18-10/h8-10H,4-7H2,1-3H3,(H2,14,15,16,17). The van der Waals surface area contributed by atoms with Gasteiger partial charge in [-0.05, 0) is 19.8 Å². The van der Waals surface area contributed by atoms with E-state index in [4.69, 9.17) is 4.74 Å². The third kappa shape index (κ3) is 3.10. The van der Waals surface area contributed by atoms with Gasteiger partial charge in [-0.1, -0.05) is 6.92 Å². The van der Waals surface area contributed by atoms with E-state index in [-0.39, 0.29) is 6.04 Å². The molecule has 1 saturated heterocycles. The van der Waals surface area contributed by atoms with Gasteiger partial charge in [0.2, 0.25) is 0 Å². The summed E-state index contributed by atoms with van der Waals surface area (Å²) in [6.45, 7) is 5.08. The fraction of sp³-hybridized carbons (Fsp3) is 0.692. The fourth-order valence-electron chi connectivity index (χ4n) is 2.18. The molecule has 0 saturated carbocycles. The van der Waals surface area contributed by atoms with Crippen LogP contribution in [-0.2, 0) is 11.2 Å². The second kappa shape index (κ2) is 6.00. The first-order valence-electron chi connectivity index (χ1n) is 6.66. The van der Waals surface area contributed by atoms with E-state index in [0.29, 0.717) is 6.10 Å². The number of aromatic nitrogens is 2. The number of nitrogens with zero attached hydrogens (tertiary/aromatic N) is 2. The largest absolute Gasteiger partial charge is 0.376 e. The maximum Gasteiger partial charge on any atom is 0.132 e. The molecule has 5 heteroatoms. The number of aryl methyl sites for hydroxylation is 1. The summed E-state index contributed by atoms with van der Waals surface area (Å²) in [5.74, 6) is 2.57. The lowest BCUT2D eigenvalue weighted by molar-refractivity contribution is 0.0995. The Hall–Kier alpha value is -1.36. The quantitative estimate of drug-likeness (QED) is 0.837. The van der Waals surface area contributed by atoms with Crippen LogP contribution in [0.25, 0.3) is 0 Å². The van der Waals surface area contributed by atoms with Crippen LogP contribution >= 0.6 is 0 Å². The molecule has 0 spiro atoms.